The Kier molecular flexibility index (Phi) is 3.26. The zero-order valence-corrected chi connectivity index (χ0v) is 13.0. The number of hydrogen-bond donors (Lipinski definition) is 1. The Hall–Kier alpha value is -2.48. The largest absolute Gasteiger partial charge is 0.333 e. The van der Waals surface area contributed by atoms with E-state index in [0.717, 1.165) is 10.6 Å². The minimum atomic E-state index is -0.183. The van der Waals surface area contributed by atoms with E-state index in [1.807, 2.05) is 17.5 Å². The molecule has 2 aromatic heterocycles. The maximum absolute atomic E-state index is 12.4. The quantitative estimate of drug-likeness (QED) is 0.854. The number of carbonyl (C=O) groups excluding carboxylic acids is 3. The van der Waals surface area contributed by atoms with Gasteiger partial charge in [0.2, 0.25) is 11.8 Å². The lowest BCUT2D eigenvalue weighted by atomic mass is 10.1. The van der Waals surface area contributed by atoms with Gasteiger partial charge in [-0.2, -0.15) is 5.10 Å². The lowest BCUT2D eigenvalue weighted by Crippen LogP contribution is -2.62. The number of nitrogens with zero attached hydrogens (tertiary/aromatic N) is 3. The highest BCUT2D eigenvalue weighted by atomic mass is 32.1. The molecule has 0 atom stereocenters. The van der Waals surface area contributed by atoms with Crippen molar-refractivity contribution in [2.75, 3.05) is 13.1 Å². The summed E-state index contributed by atoms with van der Waals surface area (Å²) in [6.45, 7) is 0.773. The van der Waals surface area contributed by atoms with Crippen molar-refractivity contribution in [1.82, 2.24) is 20.0 Å². The summed E-state index contributed by atoms with van der Waals surface area (Å²) in [5, 5.41) is 8.90. The number of nitrogens with one attached hydrogen (secondary N) is 1. The molecule has 0 aliphatic carbocycles. The maximum Gasteiger partial charge on any atom is 0.274 e. The monoisotopic (exact) mass is 330 g/mol. The number of rotatable bonds is 3. The Bertz CT molecular complexity index is 761. The van der Waals surface area contributed by atoms with Gasteiger partial charge in [-0.25, -0.2) is 0 Å². The van der Waals surface area contributed by atoms with E-state index in [9.17, 15) is 14.4 Å². The topological polar surface area (TPSA) is 86.4 Å². The van der Waals surface area contributed by atoms with Crippen molar-refractivity contribution in [1.29, 1.82) is 0 Å². The Labute approximate surface area is 135 Å². The zero-order chi connectivity index (χ0) is 16.0. The molecule has 0 aromatic carbocycles. The molecule has 0 radical (unpaired) electrons. The molecule has 1 N–H and O–H groups in total. The number of hydrogen-bond acceptors (Lipinski definition) is 5. The Morgan fingerprint density at radius 3 is 2.65 bits per heavy atom. The molecule has 2 aliphatic heterocycles. The van der Waals surface area contributed by atoms with Crippen LogP contribution in [-0.4, -0.2) is 56.9 Å². The van der Waals surface area contributed by atoms with Crippen LogP contribution in [0.4, 0.5) is 0 Å². The number of amides is 3. The van der Waals surface area contributed by atoms with Crippen LogP contribution in [0.2, 0.25) is 0 Å². The van der Waals surface area contributed by atoms with Crippen LogP contribution in [0.15, 0.2) is 23.6 Å². The summed E-state index contributed by atoms with van der Waals surface area (Å²) in [6.07, 6.45) is 0.569. The average molecular weight is 330 g/mol. The third-order valence-corrected chi connectivity index (χ3v) is 5.09. The van der Waals surface area contributed by atoms with Crippen molar-refractivity contribution in [3.8, 4) is 10.6 Å². The normalized spacial score (nSPS) is 18.6. The van der Waals surface area contributed by atoms with E-state index in [1.165, 1.54) is 4.90 Å². The van der Waals surface area contributed by atoms with Gasteiger partial charge in [-0.05, 0) is 17.5 Å². The predicted octanol–water partition coefficient (Wildman–Crippen LogP) is 1.11. The highest BCUT2D eigenvalue weighted by molar-refractivity contribution is 7.13. The molecule has 0 bridgehead atoms. The summed E-state index contributed by atoms with van der Waals surface area (Å²) in [5.74, 6) is -0.446. The molecule has 23 heavy (non-hydrogen) atoms. The first-order valence-corrected chi connectivity index (χ1v) is 8.25. The first-order chi connectivity index (χ1) is 11.1. The van der Waals surface area contributed by atoms with Gasteiger partial charge in [-0.15, -0.1) is 11.3 Å². The van der Waals surface area contributed by atoms with Gasteiger partial charge in [0.05, 0.1) is 16.6 Å². The number of aromatic amines is 1. The molecule has 0 unspecified atom stereocenters. The third-order valence-electron chi connectivity index (χ3n) is 4.19. The number of imide groups is 1. The molecule has 4 heterocycles. The van der Waals surface area contributed by atoms with Gasteiger partial charge in [0.15, 0.2) is 5.69 Å². The van der Waals surface area contributed by atoms with Crippen LogP contribution in [-0.2, 0) is 9.59 Å². The van der Waals surface area contributed by atoms with Crippen LogP contribution in [0.25, 0.3) is 10.6 Å². The smallest absolute Gasteiger partial charge is 0.274 e. The van der Waals surface area contributed by atoms with E-state index in [0.29, 0.717) is 18.8 Å². The average Bonchev–Trinajstić information content (AvgIpc) is 3.20. The molecule has 0 saturated carbocycles. The molecule has 2 aliphatic rings. The van der Waals surface area contributed by atoms with Crippen molar-refractivity contribution in [2.45, 2.75) is 18.9 Å². The van der Waals surface area contributed by atoms with E-state index in [2.05, 4.69) is 10.2 Å². The number of carbonyl (C=O) groups is 3. The van der Waals surface area contributed by atoms with Crippen LogP contribution >= 0.6 is 11.3 Å². The number of H-pyrrole nitrogens is 1. The Balaban J connectivity index is 1.42. The molecule has 2 saturated heterocycles. The predicted molar refractivity (Wildman–Crippen MR) is 82.7 cm³/mol. The van der Waals surface area contributed by atoms with Gasteiger partial charge in [-0.1, -0.05) is 6.07 Å². The van der Waals surface area contributed by atoms with Crippen molar-refractivity contribution in [2.24, 2.45) is 0 Å². The van der Waals surface area contributed by atoms with E-state index in [1.54, 1.807) is 22.3 Å². The summed E-state index contributed by atoms with van der Waals surface area (Å²) in [5.41, 5.74) is 1.16. The highest BCUT2D eigenvalue weighted by Crippen LogP contribution is 2.26. The molecule has 118 valence electrons. The molecular formula is C15H14N4O3S. The standard InChI is InChI=1S/C15H14N4O3S/c20-13-3-4-14(21)19(13)9-7-18(8-9)15(22)11-6-10(16-17-11)12-2-1-5-23-12/h1-2,5-6,9H,3-4,7-8H2,(H,16,17). The molecule has 3 amide bonds. The molecule has 7 nitrogen and oxygen atoms in total. The van der Waals surface area contributed by atoms with Crippen LogP contribution in [0, 0.1) is 0 Å². The second kappa shape index (κ2) is 5.31. The maximum atomic E-state index is 12.4. The molecule has 2 fully saturated rings. The van der Waals surface area contributed by atoms with Crippen LogP contribution in [0.1, 0.15) is 23.3 Å². The molecular weight excluding hydrogens is 316 g/mol. The second-order valence-electron chi connectivity index (χ2n) is 5.67. The summed E-state index contributed by atoms with van der Waals surface area (Å²) < 4.78 is 0. The first kappa shape index (κ1) is 14.1. The van der Waals surface area contributed by atoms with Gasteiger partial charge in [-0.3, -0.25) is 24.4 Å². The lowest BCUT2D eigenvalue weighted by Gasteiger charge is -2.42. The van der Waals surface area contributed by atoms with Crippen LogP contribution in [0.5, 0.6) is 0 Å². The fourth-order valence-corrected chi connectivity index (χ4v) is 3.63. The molecule has 4 rings (SSSR count). The Morgan fingerprint density at radius 2 is 2.00 bits per heavy atom. The minimum Gasteiger partial charge on any atom is -0.333 e. The van der Waals surface area contributed by atoms with E-state index in [-0.39, 0.29) is 36.6 Å². The Morgan fingerprint density at radius 1 is 1.26 bits per heavy atom. The van der Waals surface area contributed by atoms with Crippen molar-refractivity contribution in [3.05, 3.63) is 29.3 Å². The lowest BCUT2D eigenvalue weighted by molar-refractivity contribution is -0.144. The fraction of sp³-hybridized carbons (Fsp3) is 0.333. The van der Waals surface area contributed by atoms with Gasteiger partial charge >= 0.3 is 0 Å². The van der Waals surface area contributed by atoms with E-state index < -0.39 is 0 Å². The van der Waals surface area contributed by atoms with E-state index >= 15 is 0 Å². The van der Waals surface area contributed by atoms with Crippen molar-refractivity contribution in [3.63, 3.8) is 0 Å². The number of thiophene rings is 1. The minimum absolute atomic E-state index is 0.133. The number of aromatic nitrogens is 2. The van der Waals surface area contributed by atoms with Crippen LogP contribution in [0.3, 0.4) is 0 Å². The highest BCUT2D eigenvalue weighted by Gasteiger charge is 2.43. The van der Waals surface area contributed by atoms with Gasteiger partial charge < -0.3 is 4.90 Å². The summed E-state index contributed by atoms with van der Waals surface area (Å²) >= 11 is 1.57. The van der Waals surface area contributed by atoms with E-state index in [4.69, 9.17) is 0 Å². The van der Waals surface area contributed by atoms with Crippen LogP contribution < -0.4 is 0 Å². The first-order valence-electron chi connectivity index (χ1n) is 7.37. The molecule has 0 spiro atoms. The van der Waals surface area contributed by atoms with Gasteiger partial charge in [0.25, 0.3) is 5.91 Å². The zero-order valence-electron chi connectivity index (χ0n) is 12.2. The van der Waals surface area contributed by atoms with Crippen molar-refractivity contribution >= 4 is 29.1 Å². The van der Waals surface area contributed by atoms with Crippen molar-refractivity contribution < 1.29 is 14.4 Å². The van der Waals surface area contributed by atoms with Gasteiger partial charge in [0, 0.05) is 25.9 Å². The SMILES string of the molecule is O=C(c1cc(-c2cccs2)[nH]n1)N1CC(N2C(=O)CCC2=O)C1. The molecule has 8 heteroatoms. The van der Waals surface area contributed by atoms with Gasteiger partial charge in [0.1, 0.15) is 0 Å². The summed E-state index contributed by atoms with van der Waals surface area (Å²) in [7, 11) is 0. The second-order valence-corrected chi connectivity index (χ2v) is 6.61. The fourth-order valence-electron chi connectivity index (χ4n) is 2.94. The third kappa shape index (κ3) is 2.35. The number of likely N-dealkylation sites (tertiary alicyclic amines) is 2. The summed E-state index contributed by atoms with van der Waals surface area (Å²) in [6, 6.07) is 5.44. The summed E-state index contributed by atoms with van der Waals surface area (Å²) in [4.78, 5) is 39.7. The molecule has 2 aromatic rings.